The Balaban J connectivity index is 1.95. The summed E-state index contributed by atoms with van der Waals surface area (Å²) in [7, 11) is 0. The van der Waals surface area contributed by atoms with Crippen LogP contribution in [0.25, 0.3) is 22.4 Å². The molecule has 0 fully saturated rings. The maximum absolute atomic E-state index is 14.3. The molecule has 0 radical (unpaired) electrons. The van der Waals surface area contributed by atoms with Crippen LogP contribution in [0.15, 0.2) is 36.5 Å². The van der Waals surface area contributed by atoms with Gasteiger partial charge in [-0.05, 0) is 30.3 Å². The number of ether oxygens (including phenoxy) is 1. The summed E-state index contributed by atoms with van der Waals surface area (Å²) in [6, 6.07) is 7.77. The third-order valence-corrected chi connectivity index (χ3v) is 4.31. The molecule has 132 valence electrons. The second kappa shape index (κ2) is 6.34. The van der Waals surface area contributed by atoms with Crippen LogP contribution in [0.3, 0.4) is 0 Å². The van der Waals surface area contributed by atoms with Crippen molar-refractivity contribution in [1.82, 2.24) is 9.97 Å². The lowest BCUT2D eigenvalue weighted by atomic mass is 10.0. The van der Waals surface area contributed by atoms with Gasteiger partial charge in [-0.2, -0.15) is 0 Å². The summed E-state index contributed by atoms with van der Waals surface area (Å²) >= 11 is 6.03. The number of fused-ring (bicyclic) bond motifs is 1. The monoisotopic (exact) mass is 371 g/mol. The Morgan fingerprint density at radius 3 is 2.81 bits per heavy atom. The molecule has 6 nitrogen and oxygen atoms in total. The van der Waals surface area contributed by atoms with E-state index in [0.29, 0.717) is 57.8 Å². The predicted molar refractivity (Wildman–Crippen MR) is 101 cm³/mol. The number of nitrogens with two attached hydrogens (primary N) is 2. The minimum Gasteiger partial charge on any atom is -0.487 e. The molecule has 8 heteroatoms. The van der Waals surface area contributed by atoms with E-state index in [2.05, 4.69) is 15.3 Å². The summed E-state index contributed by atoms with van der Waals surface area (Å²) < 4.78 is 20.1. The van der Waals surface area contributed by atoms with Crippen LogP contribution in [0.2, 0.25) is 5.02 Å². The van der Waals surface area contributed by atoms with E-state index in [4.69, 9.17) is 27.8 Å². The minimum atomic E-state index is -0.417. The Morgan fingerprint density at radius 2 is 2.00 bits per heavy atom. The summed E-state index contributed by atoms with van der Waals surface area (Å²) in [6.07, 6.45) is 1.59. The first kappa shape index (κ1) is 16.4. The molecule has 5 N–H and O–H groups in total. The molecular weight excluding hydrogens is 357 g/mol. The molecule has 26 heavy (non-hydrogen) atoms. The predicted octanol–water partition coefficient (Wildman–Crippen LogP) is 3.57. The highest BCUT2D eigenvalue weighted by molar-refractivity contribution is 6.30. The van der Waals surface area contributed by atoms with Crippen LogP contribution in [0.5, 0.6) is 5.75 Å². The number of hydrogen-bond donors (Lipinski definition) is 3. The van der Waals surface area contributed by atoms with Gasteiger partial charge >= 0.3 is 0 Å². The molecule has 1 aromatic carbocycles. The van der Waals surface area contributed by atoms with Crippen LogP contribution in [0.1, 0.15) is 0 Å². The number of anilines is 3. The maximum Gasteiger partial charge on any atom is 0.170 e. The van der Waals surface area contributed by atoms with Gasteiger partial charge in [-0.3, -0.25) is 0 Å². The van der Waals surface area contributed by atoms with E-state index < -0.39 is 5.82 Å². The van der Waals surface area contributed by atoms with Crippen molar-refractivity contribution >= 4 is 28.9 Å². The zero-order valence-corrected chi connectivity index (χ0v) is 14.3. The fraction of sp³-hybridized carbons (Fsp3) is 0.111. The minimum absolute atomic E-state index is 0.247. The van der Waals surface area contributed by atoms with E-state index in [1.165, 1.54) is 18.2 Å². The second-order valence-electron chi connectivity index (χ2n) is 5.83. The van der Waals surface area contributed by atoms with Crippen LogP contribution in [-0.4, -0.2) is 23.1 Å². The number of benzene rings is 1. The smallest absolute Gasteiger partial charge is 0.170 e. The summed E-state index contributed by atoms with van der Waals surface area (Å²) in [5.74, 6) is 0.920. The van der Waals surface area contributed by atoms with Gasteiger partial charge in [-0.1, -0.05) is 11.6 Å². The van der Waals surface area contributed by atoms with Gasteiger partial charge in [0.2, 0.25) is 0 Å². The fourth-order valence-corrected chi connectivity index (χ4v) is 2.98. The highest BCUT2D eigenvalue weighted by atomic mass is 35.5. The molecule has 3 heterocycles. The number of aromatic nitrogens is 2. The molecule has 0 atom stereocenters. The SMILES string of the molecule is Nc1cc(-c2cc(-c3cc(Cl)ccc3F)nc3c2OCCN3)cnc1N. The standard InChI is InChI=1S/C18H15ClFN5O/c19-10-1-2-13(20)12(6-10)15-7-11(9-5-14(21)17(22)24-8-9)16-18(25-15)23-3-4-26-16/h1-2,5-8H,3-4,21H2,(H2,22,24)(H,23,25). The van der Waals surface area contributed by atoms with Gasteiger partial charge in [0.05, 0.1) is 17.9 Å². The number of pyridine rings is 2. The topological polar surface area (TPSA) is 99.1 Å². The van der Waals surface area contributed by atoms with Gasteiger partial charge in [-0.15, -0.1) is 0 Å². The summed E-state index contributed by atoms with van der Waals surface area (Å²) in [6.45, 7) is 1.09. The highest BCUT2D eigenvalue weighted by Crippen LogP contribution is 2.41. The Labute approximate surface area is 154 Å². The first-order chi connectivity index (χ1) is 12.5. The maximum atomic E-state index is 14.3. The van der Waals surface area contributed by atoms with Gasteiger partial charge in [0.25, 0.3) is 0 Å². The molecule has 0 unspecified atom stereocenters. The summed E-state index contributed by atoms with van der Waals surface area (Å²) in [5, 5.41) is 3.60. The van der Waals surface area contributed by atoms with E-state index in [1.807, 2.05) is 0 Å². The molecule has 0 aliphatic carbocycles. The van der Waals surface area contributed by atoms with E-state index in [1.54, 1.807) is 18.3 Å². The van der Waals surface area contributed by atoms with Gasteiger partial charge in [0.1, 0.15) is 18.2 Å². The largest absolute Gasteiger partial charge is 0.487 e. The van der Waals surface area contributed by atoms with Crippen LogP contribution in [0, 0.1) is 5.82 Å². The van der Waals surface area contributed by atoms with Crippen molar-refractivity contribution in [3.8, 4) is 28.1 Å². The Hall–Kier alpha value is -3.06. The van der Waals surface area contributed by atoms with Crippen molar-refractivity contribution in [3.05, 3.63) is 47.4 Å². The molecular formula is C18H15ClFN5O. The van der Waals surface area contributed by atoms with Gasteiger partial charge in [-0.25, -0.2) is 14.4 Å². The molecule has 0 spiro atoms. The highest BCUT2D eigenvalue weighted by Gasteiger charge is 2.21. The van der Waals surface area contributed by atoms with E-state index in [-0.39, 0.29) is 5.82 Å². The fourth-order valence-electron chi connectivity index (χ4n) is 2.81. The summed E-state index contributed by atoms with van der Waals surface area (Å²) in [5.41, 5.74) is 14.1. The number of nitrogens with zero attached hydrogens (tertiary/aromatic N) is 2. The van der Waals surface area contributed by atoms with Crippen molar-refractivity contribution in [1.29, 1.82) is 0 Å². The third-order valence-electron chi connectivity index (χ3n) is 4.08. The molecule has 1 aliphatic heterocycles. The van der Waals surface area contributed by atoms with Crippen LogP contribution < -0.4 is 21.5 Å². The molecule has 0 amide bonds. The van der Waals surface area contributed by atoms with Crippen molar-refractivity contribution in [2.24, 2.45) is 0 Å². The Morgan fingerprint density at radius 1 is 1.15 bits per heavy atom. The van der Waals surface area contributed by atoms with Crippen molar-refractivity contribution < 1.29 is 9.13 Å². The molecule has 1 aliphatic rings. The van der Waals surface area contributed by atoms with E-state index in [9.17, 15) is 4.39 Å². The average Bonchev–Trinajstić information content (AvgIpc) is 2.65. The van der Waals surface area contributed by atoms with Crippen LogP contribution >= 0.6 is 11.6 Å². The summed E-state index contributed by atoms with van der Waals surface area (Å²) in [4.78, 5) is 8.60. The number of nitrogen functional groups attached to an aromatic ring is 2. The lowest BCUT2D eigenvalue weighted by Gasteiger charge is -2.22. The van der Waals surface area contributed by atoms with Crippen molar-refractivity contribution in [2.75, 3.05) is 29.9 Å². The zero-order valence-electron chi connectivity index (χ0n) is 13.6. The average molecular weight is 372 g/mol. The normalized spacial score (nSPS) is 12.8. The number of halogens is 2. The quantitative estimate of drug-likeness (QED) is 0.637. The lowest BCUT2D eigenvalue weighted by molar-refractivity contribution is 0.323. The number of hydrogen-bond acceptors (Lipinski definition) is 6. The second-order valence-corrected chi connectivity index (χ2v) is 6.27. The van der Waals surface area contributed by atoms with Gasteiger partial charge < -0.3 is 21.5 Å². The lowest BCUT2D eigenvalue weighted by Crippen LogP contribution is -2.20. The number of nitrogens with one attached hydrogen (secondary N) is 1. The molecule has 0 bridgehead atoms. The van der Waals surface area contributed by atoms with Crippen molar-refractivity contribution in [2.45, 2.75) is 0 Å². The van der Waals surface area contributed by atoms with Crippen molar-refractivity contribution in [3.63, 3.8) is 0 Å². The molecule has 2 aromatic heterocycles. The zero-order chi connectivity index (χ0) is 18.3. The Bertz CT molecular complexity index is 1010. The van der Waals surface area contributed by atoms with Gasteiger partial charge in [0.15, 0.2) is 11.6 Å². The Kier molecular flexibility index (Phi) is 4.00. The first-order valence-electron chi connectivity index (χ1n) is 7.91. The molecule has 0 saturated heterocycles. The molecule has 3 aromatic rings. The van der Waals surface area contributed by atoms with Gasteiger partial charge in [0, 0.05) is 27.9 Å². The number of rotatable bonds is 2. The van der Waals surface area contributed by atoms with E-state index in [0.717, 1.165) is 0 Å². The molecule has 4 rings (SSSR count). The van der Waals surface area contributed by atoms with E-state index >= 15 is 0 Å². The van der Waals surface area contributed by atoms with Crippen LogP contribution in [0.4, 0.5) is 21.7 Å². The third kappa shape index (κ3) is 2.86. The first-order valence-corrected chi connectivity index (χ1v) is 8.29. The molecule has 0 saturated carbocycles. The van der Waals surface area contributed by atoms with Crippen LogP contribution in [-0.2, 0) is 0 Å².